The highest BCUT2D eigenvalue weighted by molar-refractivity contribution is 5.82. The Balaban J connectivity index is 2.21. The number of pyridine rings is 1. The fraction of sp³-hybridized carbons (Fsp3) is 0.308. The highest BCUT2D eigenvalue weighted by Crippen LogP contribution is 2.21. The van der Waals surface area contributed by atoms with Crippen molar-refractivity contribution in [3.05, 3.63) is 40.4 Å². The Bertz CT molecular complexity index is 601. The van der Waals surface area contributed by atoms with E-state index in [1.807, 2.05) is 6.92 Å². The van der Waals surface area contributed by atoms with Gasteiger partial charge in [0.15, 0.2) is 0 Å². The molecule has 0 amide bonds. The maximum absolute atomic E-state index is 10.7. The van der Waals surface area contributed by atoms with Crippen molar-refractivity contribution in [3.63, 3.8) is 0 Å². The Morgan fingerprint density at radius 1 is 1.42 bits per heavy atom. The first-order valence-corrected chi connectivity index (χ1v) is 6.00. The van der Waals surface area contributed by atoms with E-state index in [2.05, 4.69) is 10.3 Å². The van der Waals surface area contributed by atoms with E-state index in [1.54, 1.807) is 18.2 Å². The molecule has 6 nitrogen and oxygen atoms in total. The fourth-order valence-electron chi connectivity index (χ4n) is 1.67. The van der Waals surface area contributed by atoms with Gasteiger partial charge in [0.25, 0.3) is 5.69 Å². The van der Waals surface area contributed by atoms with Crippen LogP contribution >= 0.6 is 0 Å². The van der Waals surface area contributed by atoms with E-state index in [0.29, 0.717) is 17.9 Å². The minimum absolute atomic E-state index is 0.0592. The molecule has 0 saturated heterocycles. The van der Waals surface area contributed by atoms with Crippen LogP contribution in [-0.2, 0) is 0 Å². The summed E-state index contributed by atoms with van der Waals surface area (Å²) in [5.74, 6) is 0.844. The van der Waals surface area contributed by atoms with Crippen LogP contribution in [0.25, 0.3) is 10.9 Å². The molecule has 2 rings (SSSR count). The van der Waals surface area contributed by atoms with E-state index in [0.717, 1.165) is 5.39 Å². The lowest BCUT2D eigenvalue weighted by Gasteiger charge is -2.10. The second-order valence-corrected chi connectivity index (χ2v) is 4.50. The first-order chi connectivity index (χ1) is 9.10. The van der Waals surface area contributed by atoms with Crippen molar-refractivity contribution in [2.45, 2.75) is 6.92 Å². The lowest BCUT2D eigenvalue weighted by Crippen LogP contribution is -2.15. The van der Waals surface area contributed by atoms with Gasteiger partial charge in [-0.25, -0.2) is 4.98 Å². The average molecular weight is 261 g/mol. The lowest BCUT2D eigenvalue weighted by molar-refractivity contribution is -0.384. The molecule has 0 fully saturated rings. The zero-order valence-electron chi connectivity index (χ0n) is 10.5. The van der Waals surface area contributed by atoms with E-state index in [-0.39, 0.29) is 18.2 Å². The lowest BCUT2D eigenvalue weighted by atomic mass is 10.2. The molecule has 1 unspecified atom stereocenters. The summed E-state index contributed by atoms with van der Waals surface area (Å²) in [5.41, 5.74) is 0.760. The van der Waals surface area contributed by atoms with Crippen molar-refractivity contribution in [3.8, 4) is 0 Å². The first kappa shape index (κ1) is 13.2. The molecule has 0 aliphatic rings. The molecule has 100 valence electrons. The number of nitro groups is 1. The van der Waals surface area contributed by atoms with Crippen LogP contribution in [0.1, 0.15) is 6.92 Å². The van der Waals surface area contributed by atoms with Gasteiger partial charge in [0.1, 0.15) is 5.82 Å². The quantitative estimate of drug-likeness (QED) is 0.636. The third kappa shape index (κ3) is 3.17. The maximum Gasteiger partial charge on any atom is 0.270 e. The van der Waals surface area contributed by atoms with Crippen molar-refractivity contribution in [1.82, 2.24) is 4.98 Å². The smallest absolute Gasteiger partial charge is 0.270 e. The van der Waals surface area contributed by atoms with Crippen LogP contribution in [0.3, 0.4) is 0 Å². The summed E-state index contributed by atoms with van der Waals surface area (Å²) in [6, 6.07) is 8.14. The van der Waals surface area contributed by atoms with E-state index >= 15 is 0 Å². The zero-order valence-corrected chi connectivity index (χ0v) is 10.5. The number of benzene rings is 1. The van der Waals surface area contributed by atoms with Crippen molar-refractivity contribution in [2.75, 3.05) is 18.5 Å². The number of nitro benzene ring substituents is 1. The highest BCUT2D eigenvalue weighted by Gasteiger charge is 2.07. The molecule has 6 heteroatoms. The number of aliphatic hydroxyl groups is 1. The van der Waals surface area contributed by atoms with Crippen LogP contribution in [0, 0.1) is 16.0 Å². The fourth-order valence-corrected chi connectivity index (χ4v) is 1.67. The topological polar surface area (TPSA) is 88.3 Å². The molecule has 2 aromatic rings. The van der Waals surface area contributed by atoms with Crippen molar-refractivity contribution in [1.29, 1.82) is 0 Å². The number of nitrogens with one attached hydrogen (secondary N) is 1. The molecule has 0 radical (unpaired) electrons. The number of nitrogens with zero attached hydrogens (tertiary/aromatic N) is 2. The molecule has 1 aromatic carbocycles. The van der Waals surface area contributed by atoms with E-state index in [9.17, 15) is 10.1 Å². The summed E-state index contributed by atoms with van der Waals surface area (Å²) in [5, 5.41) is 23.5. The number of hydrogen-bond acceptors (Lipinski definition) is 5. The predicted molar refractivity (Wildman–Crippen MR) is 73.1 cm³/mol. The predicted octanol–water partition coefficient (Wildman–Crippen LogP) is 2.18. The molecule has 1 atom stereocenters. The van der Waals surface area contributed by atoms with Gasteiger partial charge in [-0.15, -0.1) is 0 Å². The van der Waals surface area contributed by atoms with E-state index in [1.165, 1.54) is 12.1 Å². The molecule has 2 N–H and O–H groups in total. The summed E-state index contributed by atoms with van der Waals surface area (Å²) in [4.78, 5) is 14.6. The van der Waals surface area contributed by atoms with Gasteiger partial charge in [-0.1, -0.05) is 6.92 Å². The Kier molecular flexibility index (Phi) is 3.91. The van der Waals surface area contributed by atoms with Gasteiger partial charge in [-0.2, -0.15) is 0 Å². The highest BCUT2D eigenvalue weighted by atomic mass is 16.6. The molecule has 1 aromatic heterocycles. The van der Waals surface area contributed by atoms with Gasteiger partial charge in [0.05, 0.1) is 10.4 Å². The Hall–Kier alpha value is -2.21. The average Bonchev–Trinajstić information content (AvgIpc) is 2.43. The third-order valence-electron chi connectivity index (χ3n) is 2.83. The van der Waals surface area contributed by atoms with Crippen molar-refractivity contribution >= 4 is 22.4 Å². The molecular weight excluding hydrogens is 246 g/mol. The van der Waals surface area contributed by atoms with E-state index < -0.39 is 4.92 Å². The van der Waals surface area contributed by atoms with Crippen LogP contribution < -0.4 is 5.32 Å². The van der Waals surface area contributed by atoms with Gasteiger partial charge in [-0.3, -0.25) is 10.1 Å². The Morgan fingerprint density at radius 3 is 2.89 bits per heavy atom. The summed E-state index contributed by atoms with van der Waals surface area (Å²) in [7, 11) is 0. The minimum atomic E-state index is -0.422. The van der Waals surface area contributed by atoms with E-state index in [4.69, 9.17) is 5.11 Å². The number of anilines is 1. The maximum atomic E-state index is 10.7. The monoisotopic (exact) mass is 261 g/mol. The van der Waals surface area contributed by atoms with Crippen LogP contribution in [0.5, 0.6) is 0 Å². The number of aromatic nitrogens is 1. The number of non-ortho nitro benzene ring substituents is 1. The third-order valence-corrected chi connectivity index (χ3v) is 2.83. The van der Waals surface area contributed by atoms with Gasteiger partial charge in [-0.05, 0) is 24.1 Å². The van der Waals surface area contributed by atoms with Gasteiger partial charge in [0.2, 0.25) is 0 Å². The molecule has 0 aliphatic heterocycles. The SMILES string of the molecule is CC(CO)CNc1ccc2cc([N+](=O)[O-])ccc2n1. The zero-order chi connectivity index (χ0) is 13.8. The number of hydrogen-bond donors (Lipinski definition) is 2. The van der Waals surface area contributed by atoms with Crippen molar-refractivity contribution < 1.29 is 10.0 Å². The van der Waals surface area contributed by atoms with Crippen molar-refractivity contribution in [2.24, 2.45) is 5.92 Å². The number of aliphatic hydroxyl groups excluding tert-OH is 1. The number of rotatable bonds is 5. The largest absolute Gasteiger partial charge is 0.396 e. The first-order valence-electron chi connectivity index (χ1n) is 6.00. The number of fused-ring (bicyclic) bond motifs is 1. The molecule has 1 heterocycles. The Morgan fingerprint density at radius 2 is 2.21 bits per heavy atom. The minimum Gasteiger partial charge on any atom is -0.396 e. The van der Waals surface area contributed by atoms with Crippen LogP contribution in [0.2, 0.25) is 0 Å². The van der Waals surface area contributed by atoms with Gasteiger partial charge < -0.3 is 10.4 Å². The second-order valence-electron chi connectivity index (χ2n) is 4.50. The van der Waals surface area contributed by atoms with Gasteiger partial charge in [0, 0.05) is 30.7 Å². The molecule has 0 bridgehead atoms. The molecule has 0 aliphatic carbocycles. The summed E-state index contributed by atoms with van der Waals surface area (Å²) in [6.45, 7) is 2.67. The summed E-state index contributed by atoms with van der Waals surface area (Å²) < 4.78 is 0. The molecular formula is C13H15N3O3. The summed E-state index contributed by atoms with van der Waals surface area (Å²) >= 11 is 0. The van der Waals surface area contributed by atoms with Crippen LogP contribution in [-0.4, -0.2) is 28.2 Å². The normalized spacial score (nSPS) is 12.3. The molecule has 0 saturated carbocycles. The standard InChI is InChI=1S/C13H15N3O3/c1-9(8-17)7-14-13-5-2-10-6-11(16(18)19)3-4-12(10)15-13/h2-6,9,17H,7-8H2,1H3,(H,14,15). The van der Waals surface area contributed by atoms with Gasteiger partial charge >= 0.3 is 0 Å². The second kappa shape index (κ2) is 5.62. The molecule has 19 heavy (non-hydrogen) atoms. The van der Waals surface area contributed by atoms with Crippen LogP contribution in [0.15, 0.2) is 30.3 Å². The van der Waals surface area contributed by atoms with Crippen LogP contribution in [0.4, 0.5) is 11.5 Å². The Labute approximate surface area is 110 Å². The molecule has 0 spiro atoms. The summed E-state index contributed by atoms with van der Waals surface area (Å²) in [6.07, 6.45) is 0.